The molecule has 0 radical (unpaired) electrons. The zero-order valence-corrected chi connectivity index (χ0v) is 16.5. The number of nitrogens with zero attached hydrogens (tertiary/aromatic N) is 1. The van der Waals surface area contributed by atoms with Crippen molar-refractivity contribution < 1.29 is 32.3 Å². The van der Waals surface area contributed by atoms with E-state index in [2.05, 4.69) is 10.3 Å². The van der Waals surface area contributed by atoms with Gasteiger partial charge in [-0.15, -0.1) is 0 Å². The van der Waals surface area contributed by atoms with Crippen LogP contribution in [-0.2, 0) is 16.1 Å². The molecule has 2 amide bonds. The molecule has 1 saturated heterocycles. The highest BCUT2D eigenvalue weighted by atomic mass is 19.3. The number of furan rings is 1. The van der Waals surface area contributed by atoms with Crippen molar-refractivity contribution in [1.29, 1.82) is 0 Å². The van der Waals surface area contributed by atoms with E-state index in [4.69, 9.17) is 19.6 Å². The number of nitrogens with two attached hydrogens (primary N) is 1. The molecule has 1 fully saturated rings. The Labute approximate surface area is 175 Å². The summed E-state index contributed by atoms with van der Waals surface area (Å²) in [6.07, 6.45) is -1.43. The first kappa shape index (κ1) is 20.7. The highest BCUT2D eigenvalue weighted by Gasteiger charge is 2.46. The van der Waals surface area contributed by atoms with Crippen LogP contribution >= 0.6 is 0 Å². The van der Waals surface area contributed by atoms with Crippen LogP contribution in [0.4, 0.5) is 8.78 Å². The van der Waals surface area contributed by atoms with E-state index < -0.39 is 23.8 Å². The molecule has 3 heterocycles. The van der Waals surface area contributed by atoms with E-state index in [1.807, 2.05) is 0 Å². The highest BCUT2D eigenvalue weighted by molar-refractivity contribution is 6.09. The molecule has 3 N–H and O–H groups in total. The van der Waals surface area contributed by atoms with Gasteiger partial charge in [0, 0.05) is 17.1 Å². The Hall–Kier alpha value is -3.53. The van der Waals surface area contributed by atoms with Crippen molar-refractivity contribution in [1.82, 2.24) is 10.3 Å². The third-order valence-corrected chi connectivity index (χ3v) is 5.11. The number of carbonyl (C=O) groups is 2. The van der Waals surface area contributed by atoms with Gasteiger partial charge >= 0.3 is 0 Å². The Morgan fingerprint density at radius 1 is 1.32 bits per heavy atom. The van der Waals surface area contributed by atoms with Crippen molar-refractivity contribution in [2.75, 3.05) is 13.2 Å². The number of amides is 2. The van der Waals surface area contributed by atoms with Gasteiger partial charge in [-0.3, -0.25) is 14.6 Å². The molecule has 31 heavy (non-hydrogen) atoms. The molecule has 0 spiro atoms. The lowest BCUT2D eigenvalue weighted by atomic mass is 9.95. The minimum absolute atomic E-state index is 0.00511. The quantitative estimate of drug-likeness (QED) is 0.594. The summed E-state index contributed by atoms with van der Waals surface area (Å²) in [4.78, 5) is 28.3. The molecule has 1 aromatic carbocycles. The Bertz CT molecular complexity index is 1160. The van der Waals surface area contributed by atoms with E-state index in [-0.39, 0.29) is 36.6 Å². The summed E-state index contributed by atoms with van der Waals surface area (Å²) in [5.41, 5.74) is 4.71. The van der Waals surface area contributed by atoms with Gasteiger partial charge in [-0.25, -0.2) is 8.78 Å². The number of halogens is 2. The van der Waals surface area contributed by atoms with E-state index >= 15 is 0 Å². The number of rotatable bonds is 7. The molecule has 10 heteroatoms. The average molecular weight is 431 g/mol. The van der Waals surface area contributed by atoms with Crippen LogP contribution < -0.4 is 15.8 Å². The molecule has 0 atom stereocenters. The minimum atomic E-state index is -2.72. The summed E-state index contributed by atoms with van der Waals surface area (Å²) in [6.45, 7) is 1.48. The fraction of sp³-hybridized carbons (Fsp3) is 0.286. The van der Waals surface area contributed by atoms with Crippen molar-refractivity contribution in [2.45, 2.75) is 25.5 Å². The summed E-state index contributed by atoms with van der Waals surface area (Å²) in [5, 5.41) is 3.08. The van der Waals surface area contributed by atoms with Crippen LogP contribution in [0.2, 0.25) is 0 Å². The molecule has 3 aromatic rings. The lowest BCUT2D eigenvalue weighted by molar-refractivity contribution is -0.143. The number of hydrogen-bond donors (Lipinski definition) is 2. The van der Waals surface area contributed by atoms with E-state index in [1.54, 1.807) is 31.2 Å². The molecule has 1 aliphatic heterocycles. The summed E-state index contributed by atoms with van der Waals surface area (Å²) >= 11 is 0. The van der Waals surface area contributed by atoms with Gasteiger partial charge in [-0.1, -0.05) is 6.07 Å². The van der Waals surface area contributed by atoms with E-state index in [0.717, 1.165) is 0 Å². The standard InChI is InChI=1S/C21H19F2N3O5/c1-11-16(19(27)26-21(20(24)28)9-29-10-21)14-7-13(4-5-15(14)31-11)30-8-12-3-2-6-25-17(12)18(22)23/h2-7,18H,8-10H2,1H3,(H2,24,28)(H,26,27). The summed E-state index contributed by atoms with van der Waals surface area (Å²) in [5.74, 6) is -0.532. The Balaban J connectivity index is 1.59. The molecular weight excluding hydrogens is 412 g/mol. The van der Waals surface area contributed by atoms with Gasteiger partial charge in [-0.2, -0.15) is 0 Å². The molecule has 8 nitrogen and oxygen atoms in total. The molecular formula is C21H19F2N3O5. The fourth-order valence-electron chi connectivity index (χ4n) is 3.36. The van der Waals surface area contributed by atoms with Gasteiger partial charge in [0.1, 0.15) is 29.4 Å². The van der Waals surface area contributed by atoms with Gasteiger partial charge in [0.2, 0.25) is 5.91 Å². The summed E-state index contributed by atoms with van der Waals surface area (Å²) in [6, 6.07) is 7.86. The molecule has 0 bridgehead atoms. The number of aromatic nitrogens is 1. The maximum Gasteiger partial charge on any atom is 0.280 e. The topological polar surface area (TPSA) is 117 Å². The van der Waals surface area contributed by atoms with Crippen LogP contribution in [0.5, 0.6) is 5.75 Å². The smallest absolute Gasteiger partial charge is 0.280 e. The number of aryl methyl sites for hydroxylation is 1. The Morgan fingerprint density at radius 2 is 2.10 bits per heavy atom. The van der Waals surface area contributed by atoms with Gasteiger partial charge in [-0.05, 0) is 31.2 Å². The Kier molecular flexibility index (Phi) is 5.32. The van der Waals surface area contributed by atoms with E-state index in [0.29, 0.717) is 22.5 Å². The fourth-order valence-corrected chi connectivity index (χ4v) is 3.36. The first-order valence-corrected chi connectivity index (χ1v) is 9.39. The number of benzene rings is 1. The van der Waals surface area contributed by atoms with Crippen molar-refractivity contribution in [3.8, 4) is 5.75 Å². The van der Waals surface area contributed by atoms with Crippen molar-refractivity contribution in [3.05, 3.63) is 59.1 Å². The van der Waals surface area contributed by atoms with E-state index in [1.165, 1.54) is 12.3 Å². The van der Waals surface area contributed by atoms with Gasteiger partial charge in [0.15, 0.2) is 5.54 Å². The van der Waals surface area contributed by atoms with Crippen LogP contribution in [0.25, 0.3) is 11.0 Å². The largest absolute Gasteiger partial charge is 0.489 e. The lowest BCUT2D eigenvalue weighted by Crippen LogP contribution is -2.69. The molecule has 4 rings (SSSR count). The average Bonchev–Trinajstić information content (AvgIpc) is 3.03. The number of ether oxygens (including phenoxy) is 2. The SMILES string of the molecule is Cc1oc2ccc(OCc3cccnc3C(F)F)cc2c1C(=O)NC1(C(N)=O)COC1. The van der Waals surface area contributed by atoms with Gasteiger partial charge in [0.25, 0.3) is 12.3 Å². The molecule has 0 aliphatic carbocycles. The number of primary amides is 1. The maximum atomic E-state index is 13.1. The number of alkyl halides is 2. The number of pyridine rings is 1. The normalized spacial score (nSPS) is 15.0. The molecule has 162 valence electrons. The van der Waals surface area contributed by atoms with Crippen LogP contribution in [0.1, 0.15) is 33.8 Å². The second-order valence-electron chi connectivity index (χ2n) is 7.22. The predicted molar refractivity (Wildman–Crippen MR) is 105 cm³/mol. The summed E-state index contributed by atoms with van der Waals surface area (Å²) in [7, 11) is 0. The third-order valence-electron chi connectivity index (χ3n) is 5.11. The minimum Gasteiger partial charge on any atom is -0.489 e. The third kappa shape index (κ3) is 3.81. The number of nitrogens with one attached hydrogen (secondary N) is 1. The number of hydrogen-bond acceptors (Lipinski definition) is 6. The molecule has 0 saturated carbocycles. The zero-order valence-electron chi connectivity index (χ0n) is 16.5. The second kappa shape index (κ2) is 7.95. The monoisotopic (exact) mass is 431 g/mol. The van der Waals surface area contributed by atoms with Crippen molar-refractivity contribution >= 4 is 22.8 Å². The number of carbonyl (C=O) groups excluding carboxylic acids is 2. The molecule has 2 aromatic heterocycles. The Morgan fingerprint density at radius 3 is 2.74 bits per heavy atom. The van der Waals surface area contributed by atoms with Crippen LogP contribution in [0.3, 0.4) is 0 Å². The molecule has 0 unspecified atom stereocenters. The summed E-state index contributed by atoms with van der Waals surface area (Å²) < 4.78 is 42.6. The highest BCUT2D eigenvalue weighted by Crippen LogP contribution is 2.31. The zero-order chi connectivity index (χ0) is 22.2. The molecule has 1 aliphatic rings. The number of fused-ring (bicyclic) bond motifs is 1. The lowest BCUT2D eigenvalue weighted by Gasteiger charge is -2.38. The maximum absolute atomic E-state index is 13.1. The van der Waals surface area contributed by atoms with E-state index in [9.17, 15) is 18.4 Å². The first-order chi connectivity index (χ1) is 14.8. The first-order valence-electron chi connectivity index (χ1n) is 9.39. The van der Waals surface area contributed by atoms with Crippen LogP contribution in [0, 0.1) is 6.92 Å². The van der Waals surface area contributed by atoms with Gasteiger partial charge in [0.05, 0.1) is 18.8 Å². The second-order valence-corrected chi connectivity index (χ2v) is 7.22. The van der Waals surface area contributed by atoms with Crippen molar-refractivity contribution in [3.63, 3.8) is 0 Å². The van der Waals surface area contributed by atoms with Gasteiger partial charge < -0.3 is 24.9 Å². The van der Waals surface area contributed by atoms with Crippen LogP contribution in [-0.4, -0.2) is 35.6 Å². The van der Waals surface area contributed by atoms with Crippen molar-refractivity contribution in [2.24, 2.45) is 5.73 Å². The van der Waals surface area contributed by atoms with Crippen LogP contribution in [0.15, 0.2) is 40.9 Å². The predicted octanol–water partition coefficient (Wildman–Crippen LogP) is 2.64.